The van der Waals surface area contributed by atoms with Gasteiger partial charge in [0.25, 0.3) is 0 Å². The number of aliphatic hydroxyl groups is 5. The molecule has 4 unspecified atom stereocenters. The Hall–Kier alpha value is -0.930. The van der Waals surface area contributed by atoms with E-state index < -0.39 is 49.4 Å². The summed E-state index contributed by atoms with van der Waals surface area (Å²) in [5.74, 6) is -1.44. The fourth-order valence-electron chi connectivity index (χ4n) is 1.15. The zero-order valence-electron chi connectivity index (χ0n) is 10.2. The molecule has 0 saturated heterocycles. The molecule has 0 aliphatic carbocycles. The Labute approximate surface area is 112 Å². The summed E-state index contributed by atoms with van der Waals surface area (Å²) >= 11 is 0. The standard InChI is InChI=1S/C8H19N3O9/c9-7(11(19)20-1-2(12)13)5(16)3(14)4(15)6(17)8(10)18/h3-8,14-19H,1,9-10H2,(H,12,13)/t3-,4?,5?,6+,7?,8?/m0/s1. The topological polar surface area (TPSA) is 223 Å². The van der Waals surface area contributed by atoms with E-state index in [-0.39, 0.29) is 5.23 Å². The highest BCUT2D eigenvalue weighted by molar-refractivity contribution is 5.67. The summed E-state index contributed by atoms with van der Waals surface area (Å²) in [6.07, 6.45) is -12.0. The number of aliphatic carboxylic acids is 1. The van der Waals surface area contributed by atoms with Crippen molar-refractivity contribution in [3.05, 3.63) is 0 Å². The van der Waals surface area contributed by atoms with Crippen molar-refractivity contribution in [2.45, 2.75) is 36.8 Å². The number of rotatable bonds is 9. The number of aliphatic hydroxyl groups excluding tert-OH is 5. The van der Waals surface area contributed by atoms with Crippen LogP contribution in [-0.2, 0) is 9.63 Å². The van der Waals surface area contributed by atoms with E-state index in [2.05, 4.69) is 4.84 Å². The lowest BCUT2D eigenvalue weighted by Crippen LogP contribution is -2.59. The molecule has 12 heteroatoms. The van der Waals surface area contributed by atoms with E-state index in [4.69, 9.17) is 26.9 Å². The number of carboxylic acids is 1. The van der Waals surface area contributed by atoms with Crippen LogP contribution >= 0.6 is 0 Å². The first-order valence-electron chi connectivity index (χ1n) is 5.34. The molecular formula is C8H19N3O9. The quantitative estimate of drug-likeness (QED) is 0.144. The molecule has 0 heterocycles. The molecule has 120 valence electrons. The van der Waals surface area contributed by atoms with Gasteiger partial charge < -0.3 is 42.1 Å². The summed E-state index contributed by atoms with van der Waals surface area (Å²) in [6.45, 7) is -0.973. The van der Waals surface area contributed by atoms with Crippen molar-refractivity contribution in [1.29, 1.82) is 0 Å². The van der Waals surface area contributed by atoms with Crippen LogP contribution in [0.3, 0.4) is 0 Å². The normalized spacial score (nSPS) is 21.1. The molecule has 0 aliphatic heterocycles. The minimum Gasteiger partial charge on any atom is -0.479 e. The van der Waals surface area contributed by atoms with Gasteiger partial charge in [-0.2, -0.15) is 0 Å². The average molecular weight is 301 g/mol. The molecule has 0 rings (SSSR count). The molecule has 0 bridgehead atoms. The Balaban J connectivity index is 4.54. The third-order valence-electron chi connectivity index (χ3n) is 2.32. The second-order valence-electron chi connectivity index (χ2n) is 3.91. The number of nitrogens with zero attached hydrogens (tertiary/aromatic N) is 1. The van der Waals surface area contributed by atoms with E-state index in [1.807, 2.05) is 0 Å². The van der Waals surface area contributed by atoms with Crippen molar-refractivity contribution < 1.29 is 45.5 Å². The largest absolute Gasteiger partial charge is 0.479 e. The molecule has 12 nitrogen and oxygen atoms in total. The van der Waals surface area contributed by atoms with E-state index in [1.54, 1.807) is 0 Å². The SMILES string of the molecule is NC(O)[C@H](O)C(O)[C@H](O)C(O)C(N)N(O)OCC(=O)O. The molecule has 20 heavy (non-hydrogen) atoms. The van der Waals surface area contributed by atoms with Crippen molar-refractivity contribution in [3.63, 3.8) is 0 Å². The molecular weight excluding hydrogens is 282 g/mol. The molecule has 0 fully saturated rings. The van der Waals surface area contributed by atoms with Gasteiger partial charge >= 0.3 is 5.97 Å². The van der Waals surface area contributed by atoms with Gasteiger partial charge in [-0.15, -0.1) is 0 Å². The first-order chi connectivity index (χ1) is 9.09. The van der Waals surface area contributed by atoms with Crippen LogP contribution in [0, 0.1) is 0 Å². The van der Waals surface area contributed by atoms with Crippen LogP contribution in [0.4, 0.5) is 0 Å². The molecule has 0 aromatic rings. The zero-order chi connectivity index (χ0) is 16.0. The monoisotopic (exact) mass is 301 g/mol. The van der Waals surface area contributed by atoms with Gasteiger partial charge in [-0.1, -0.05) is 0 Å². The van der Waals surface area contributed by atoms with Crippen LogP contribution in [0.1, 0.15) is 0 Å². The van der Waals surface area contributed by atoms with Crippen LogP contribution in [0.2, 0.25) is 0 Å². The van der Waals surface area contributed by atoms with Crippen molar-refractivity contribution in [2.24, 2.45) is 11.5 Å². The first-order valence-corrected chi connectivity index (χ1v) is 5.34. The summed E-state index contributed by atoms with van der Waals surface area (Å²) in [4.78, 5) is 14.4. The molecule has 0 aromatic carbocycles. The van der Waals surface area contributed by atoms with Crippen LogP contribution in [0.5, 0.6) is 0 Å². The lowest BCUT2D eigenvalue weighted by atomic mass is 10.0. The van der Waals surface area contributed by atoms with Gasteiger partial charge in [0.15, 0.2) is 6.61 Å². The van der Waals surface area contributed by atoms with Gasteiger partial charge in [-0.3, -0.25) is 10.0 Å². The first kappa shape index (κ1) is 19.1. The van der Waals surface area contributed by atoms with Gasteiger partial charge in [-0.25, -0.2) is 4.79 Å². The smallest absolute Gasteiger partial charge is 0.331 e. The molecule has 0 amide bonds. The Morgan fingerprint density at radius 2 is 1.45 bits per heavy atom. The lowest BCUT2D eigenvalue weighted by Gasteiger charge is -2.32. The van der Waals surface area contributed by atoms with Crippen molar-refractivity contribution >= 4 is 5.97 Å². The van der Waals surface area contributed by atoms with Gasteiger partial charge in [0.05, 0.1) is 0 Å². The maximum atomic E-state index is 10.2. The molecule has 0 aromatic heterocycles. The summed E-state index contributed by atoms with van der Waals surface area (Å²) in [7, 11) is 0. The molecule has 11 N–H and O–H groups in total. The van der Waals surface area contributed by atoms with Gasteiger partial charge in [0.2, 0.25) is 0 Å². The number of carboxylic acid groups (broad SMARTS) is 1. The van der Waals surface area contributed by atoms with Gasteiger partial charge in [0, 0.05) is 0 Å². The third-order valence-corrected chi connectivity index (χ3v) is 2.32. The zero-order valence-corrected chi connectivity index (χ0v) is 10.2. The van der Waals surface area contributed by atoms with Crippen molar-refractivity contribution in [3.8, 4) is 0 Å². The van der Waals surface area contributed by atoms with Crippen LogP contribution in [0.15, 0.2) is 0 Å². The Kier molecular flexibility index (Phi) is 7.99. The molecule has 0 spiro atoms. The molecule has 0 saturated carbocycles. The summed E-state index contributed by atoms with van der Waals surface area (Å²) in [6, 6.07) is 0. The summed E-state index contributed by atoms with van der Waals surface area (Å²) < 4.78 is 0. The fourth-order valence-corrected chi connectivity index (χ4v) is 1.15. The van der Waals surface area contributed by atoms with E-state index in [0.717, 1.165) is 0 Å². The second-order valence-corrected chi connectivity index (χ2v) is 3.91. The minimum atomic E-state index is -2.11. The van der Waals surface area contributed by atoms with Gasteiger partial charge in [-0.05, 0) is 5.23 Å². The summed E-state index contributed by atoms with van der Waals surface area (Å²) in [5.41, 5.74) is 10.1. The van der Waals surface area contributed by atoms with Crippen LogP contribution in [-0.4, -0.2) is 90.5 Å². The van der Waals surface area contributed by atoms with E-state index in [1.165, 1.54) is 0 Å². The van der Waals surface area contributed by atoms with Crippen LogP contribution < -0.4 is 11.5 Å². The Bertz CT molecular complexity index is 305. The molecule has 0 radical (unpaired) electrons. The van der Waals surface area contributed by atoms with Crippen molar-refractivity contribution in [1.82, 2.24) is 5.23 Å². The number of hydrogen-bond donors (Lipinski definition) is 9. The number of nitrogens with two attached hydrogens (primary N) is 2. The maximum Gasteiger partial charge on any atom is 0.331 e. The number of hydrogen-bond acceptors (Lipinski definition) is 11. The second kappa shape index (κ2) is 8.38. The molecule has 6 atom stereocenters. The fraction of sp³-hybridized carbons (Fsp3) is 0.875. The lowest BCUT2D eigenvalue weighted by molar-refractivity contribution is -0.372. The minimum absolute atomic E-state index is 0.236. The molecule has 0 aliphatic rings. The average Bonchev–Trinajstić information content (AvgIpc) is 2.40. The highest BCUT2D eigenvalue weighted by Crippen LogP contribution is 2.10. The van der Waals surface area contributed by atoms with Crippen molar-refractivity contribution in [2.75, 3.05) is 6.61 Å². The Morgan fingerprint density at radius 1 is 1.00 bits per heavy atom. The summed E-state index contributed by atoms with van der Waals surface area (Å²) in [5, 5.41) is 63.6. The predicted octanol–water partition coefficient (Wildman–Crippen LogP) is -5.30. The highest BCUT2D eigenvalue weighted by atomic mass is 16.9. The highest BCUT2D eigenvalue weighted by Gasteiger charge is 2.37. The van der Waals surface area contributed by atoms with E-state index in [9.17, 15) is 25.2 Å². The predicted molar refractivity (Wildman–Crippen MR) is 59.4 cm³/mol. The van der Waals surface area contributed by atoms with Gasteiger partial charge in [0.1, 0.15) is 36.8 Å². The number of hydroxylamine groups is 2. The Morgan fingerprint density at radius 3 is 1.85 bits per heavy atom. The number of carbonyl (C=O) groups is 1. The van der Waals surface area contributed by atoms with E-state index >= 15 is 0 Å². The third kappa shape index (κ3) is 5.59. The maximum absolute atomic E-state index is 10.2. The van der Waals surface area contributed by atoms with E-state index in [0.29, 0.717) is 0 Å². The van der Waals surface area contributed by atoms with Crippen LogP contribution in [0.25, 0.3) is 0 Å².